The predicted molar refractivity (Wildman–Crippen MR) is 133 cm³/mol. The fourth-order valence-corrected chi connectivity index (χ4v) is 7.23. The summed E-state index contributed by atoms with van der Waals surface area (Å²) in [6, 6.07) is 24.2. The van der Waals surface area contributed by atoms with Crippen LogP contribution in [0.3, 0.4) is 0 Å². The fraction of sp³-hybridized carbons (Fsp3) is 0.250. The molecule has 0 saturated carbocycles. The van der Waals surface area contributed by atoms with Crippen LogP contribution in [0.25, 0.3) is 0 Å². The van der Waals surface area contributed by atoms with Gasteiger partial charge in [-0.1, -0.05) is 78.9 Å². The lowest BCUT2D eigenvalue weighted by Gasteiger charge is -2.54. The minimum Gasteiger partial charge on any atom is -0.348 e. The Morgan fingerprint density at radius 1 is 0.800 bits per heavy atom. The first-order chi connectivity index (χ1) is 16.8. The Bertz CT molecular complexity index is 1270. The van der Waals surface area contributed by atoms with Crippen molar-refractivity contribution in [2.75, 3.05) is 6.54 Å². The fourth-order valence-electron chi connectivity index (χ4n) is 6.14. The lowest BCUT2D eigenvalue weighted by molar-refractivity contribution is -0.144. The van der Waals surface area contributed by atoms with E-state index in [-0.39, 0.29) is 12.6 Å². The van der Waals surface area contributed by atoms with Gasteiger partial charge in [0.1, 0.15) is 16.3 Å². The van der Waals surface area contributed by atoms with Gasteiger partial charge in [0, 0.05) is 0 Å². The van der Waals surface area contributed by atoms with Gasteiger partial charge in [0.05, 0.1) is 17.9 Å². The van der Waals surface area contributed by atoms with Gasteiger partial charge in [-0.15, -0.1) is 23.2 Å². The minimum absolute atomic E-state index is 0.276. The van der Waals surface area contributed by atoms with Gasteiger partial charge < -0.3 is 5.32 Å². The molecule has 35 heavy (non-hydrogen) atoms. The SMILES string of the molecule is C[C@H](NC(=O)CN1C(=O)[C@@H]2[C@@H](C1=O)C1(Cl)c3ccccc3C2(Cl)c2ccccc21)c1ccccc1. The van der Waals surface area contributed by atoms with Crippen LogP contribution < -0.4 is 5.32 Å². The van der Waals surface area contributed by atoms with Crippen LogP contribution in [0.15, 0.2) is 78.9 Å². The number of halogens is 2. The molecular weight excluding hydrogens is 483 g/mol. The Labute approximate surface area is 213 Å². The van der Waals surface area contributed by atoms with Crippen LogP contribution in [0.5, 0.6) is 0 Å². The van der Waals surface area contributed by atoms with Crippen LogP contribution in [-0.4, -0.2) is 29.2 Å². The number of likely N-dealkylation sites (tertiary alicyclic amines) is 1. The summed E-state index contributed by atoms with van der Waals surface area (Å²) in [6.45, 7) is 1.48. The largest absolute Gasteiger partial charge is 0.348 e. The zero-order chi connectivity index (χ0) is 24.5. The van der Waals surface area contributed by atoms with Crippen LogP contribution in [0, 0.1) is 11.8 Å². The number of carbonyl (C=O) groups excluding carboxylic acids is 3. The monoisotopic (exact) mass is 504 g/mol. The number of nitrogens with zero attached hydrogens (tertiary/aromatic N) is 1. The zero-order valence-corrected chi connectivity index (χ0v) is 20.4. The first kappa shape index (κ1) is 22.3. The third-order valence-corrected chi connectivity index (χ3v) is 8.94. The summed E-state index contributed by atoms with van der Waals surface area (Å²) in [5.74, 6) is -3.16. The van der Waals surface area contributed by atoms with E-state index in [1.165, 1.54) is 0 Å². The van der Waals surface area contributed by atoms with E-state index in [0.29, 0.717) is 0 Å². The van der Waals surface area contributed by atoms with Crippen molar-refractivity contribution in [3.05, 3.63) is 107 Å². The maximum absolute atomic E-state index is 13.8. The second-order valence-corrected chi connectivity index (χ2v) is 10.6. The first-order valence-electron chi connectivity index (χ1n) is 11.6. The van der Waals surface area contributed by atoms with Gasteiger partial charge >= 0.3 is 0 Å². The quantitative estimate of drug-likeness (QED) is 0.421. The Kier molecular flexibility index (Phi) is 4.89. The molecule has 176 valence electrons. The van der Waals surface area contributed by atoms with Crippen molar-refractivity contribution in [2.45, 2.75) is 22.7 Å². The van der Waals surface area contributed by atoms with Crippen LogP contribution in [0.2, 0.25) is 0 Å². The molecule has 1 saturated heterocycles. The van der Waals surface area contributed by atoms with Gasteiger partial charge in [-0.2, -0.15) is 0 Å². The summed E-state index contributed by atoms with van der Waals surface area (Å²) in [7, 11) is 0. The third-order valence-electron chi connectivity index (χ3n) is 7.66. The molecule has 3 aromatic rings. The molecule has 0 unspecified atom stereocenters. The maximum atomic E-state index is 13.8. The molecular formula is C28H22Cl2N2O3. The number of alkyl halides is 2. The van der Waals surface area contributed by atoms with Crippen molar-refractivity contribution in [1.82, 2.24) is 10.2 Å². The molecule has 7 rings (SSSR count). The van der Waals surface area contributed by atoms with Crippen LogP contribution in [-0.2, 0) is 24.1 Å². The van der Waals surface area contributed by atoms with E-state index in [4.69, 9.17) is 23.2 Å². The molecule has 4 aliphatic rings. The van der Waals surface area contributed by atoms with E-state index in [0.717, 1.165) is 32.7 Å². The van der Waals surface area contributed by atoms with E-state index in [1.807, 2.05) is 85.8 Å². The summed E-state index contributed by atoms with van der Waals surface area (Å²) in [6.07, 6.45) is 0. The highest BCUT2D eigenvalue weighted by atomic mass is 35.5. The number of rotatable bonds is 4. The molecule has 1 N–H and O–H groups in total. The van der Waals surface area contributed by atoms with Crippen molar-refractivity contribution in [2.24, 2.45) is 11.8 Å². The molecule has 3 amide bonds. The van der Waals surface area contributed by atoms with Gasteiger partial charge in [0.25, 0.3) is 0 Å². The molecule has 0 aromatic heterocycles. The molecule has 0 radical (unpaired) electrons. The zero-order valence-electron chi connectivity index (χ0n) is 18.9. The number of hydrogen-bond acceptors (Lipinski definition) is 3. The molecule has 1 aliphatic heterocycles. The number of carbonyl (C=O) groups is 3. The number of amides is 3. The molecule has 3 aliphatic carbocycles. The number of hydrogen-bond donors (Lipinski definition) is 1. The van der Waals surface area contributed by atoms with Gasteiger partial charge in [-0.05, 0) is 34.7 Å². The van der Waals surface area contributed by atoms with E-state index >= 15 is 0 Å². The summed E-state index contributed by atoms with van der Waals surface area (Å²) in [5.41, 5.74) is 3.88. The van der Waals surface area contributed by atoms with Crippen molar-refractivity contribution in [3.8, 4) is 0 Å². The summed E-state index contributed by atoms with van der Waals surface area (Å²) in [5, 5.41) is 2.89. The Hall–Kier alpha value is -3.15. The Balaban J connectivity index is 1.38. The smallest absolute Gasteiger partial charge is 0.240 e. The topological polar surface area (TPSA) is 66.5 Å². The minimum atomic E-state index is -1.25. The molecule has 5 nitrogen and oxygen atoms in total. The van der Waals surface area contributed by atoms with E-state index in [1.54, 1.807) is 0 Å². The van der Waals surface area contributed by atoms with Crippen molar-refractivity contribution in [1.29, 1.82) is 0 Å². The van der Waals surface area contributed by atoms with Crippen LogP contribution in [0.4, 0.5) is 0 Å². The van der Waals surface area contributed by atoms with E-state index < -0.39 is 39.3 Å². The second kappa shape index (κ2) is 7.67. The average molecular weight is 505 g/mol. The third kappa shape index (κ3) is 2.85. The van der Waals surface area contributed by atoms with Crippen LogP contribution >= 0.6 is 23.2 Å². The Morgan fingerprint density at radius 2 is 1.20 bits per heavy atom. The molecule has 3 aromatic carbocycles. The van der Waals surface area contributed by atoms with E-state index in [2.05, 4.69) is 5.32 Å². The molecule has 3 atom stereocenters. The lowest BCUT2D eigenvalue weighted by Crippen LogP contribution is -2.57. The number of imide groups is 1. The predicted octanol–water partition coefficient (Wildman–Crippen LogP) is 4.46. The lowest BCUT2D eigenvalue weighted by atomic mass is 9.54. The van der Waals surface area contributed by atoms with Crippen molar-refractivity contribution < 1.29 is 14.4 Å². The molecule has 0 spiro atoms. The highest BCUT2D eigenvalue weighted by Gasteiger charge is 2.73. The number of benzene rings is 3. The highest BCUT2D eigenvalue weighted by molar-refractivity contribution is 6.36. The molecule has 7 heteroatoms. The Morgan fingerprint density at radius 3 is 1.63 bits per heavy atom. The van der Waals surface area contributed by atoms with Gasteiger partial charge in [-0.25, -0.2) is 0 Å². The average Bonchev–Trinajstić information content (AvgIpc) is 3.13. The summed E-state index contributed by atoms with van der Waals surface area (Å²) < 4.78 is 0. The summed E-state index contributed by atoms with van der Waals surface area (Å²) in [4.78, 5) is 39.0. The standard InChI is InChI=1S/C28H22Cl2N2O3/c1-16(17-9-3-2-4-10-17)31-22(33)15-32-25(34)23-24(26(32)35)28(30)19-12-6-5-11-18(19)27(23,29)20-13-7-8-14-21(20)28/h2-14,16,23-24H,15H2,1H3,(H,31,33)/t16-,23-,24-,27?,28?/m0/s1. The number of nitrogens with one attached hydrogen (secondary N) is 1. The normalized spacial score (nSPS) is 28.8. The van der Waals surface area contributed by atoms with Crippen LogP contribution in [0.1, 0.15) is 40.8 Å². The van der Waals surface area contributed by atoms with Gasteiger partial charge in [-0.3, -0.25) is 19.3 Å². The molecule has 1 heterocycles. The summed E-state index contributed by atoms with van der Waals surface area (Å²) >= 11 is 14.8. The van der Waals surface area contributed by atoms with Gasteiger partial charge in [0.2, 0.25) is 17.7 Å². The maximum Gasteiger partial charge on any atom is 0.240 e. The highest BCUT2D eigenvalue weighted by Crippen LogP contribution is 2.69. The molecule has 1 fully saturated rings. The first-order valence-corrected chi connectivity index (χ1v) is 12.3. The molecule has 2 bridgehead atoms. The van der Waals surface area contributed by atoms with Crippen molar-refractivity contribution in [3.63, 3.8) is 0 Å². The van der Waals surface area contributed by atoms with Crippen molar-refractivity contribution >= 4 is 40.9 Å². The second-order valence-electron chi connectivity index (χ2n) is 9.43. The van der Waals surface area contributed by atoms with Gasteiger partial charge in [0.15, 0.2) is 0 Å². The van der Waals surface area contributed by atoms with E-state index in [9.17, 15) is 14.4 Å².